The molecule has 0 aromatic rings. The molecule has 0 aliphatic heterocycles. The van der Waals surface area contributed by atoms with E-state index < -0.39 is 23.2 Å². The van der Waals surface area contributed by atoms with Crippen LogP contribution < -0.4 is 5.32 Å². The molecule has 1 N–H and O–H groups in total. The van der Waals surface area contributed by atoms with E-state index in [-0.39, 0.29) is 22.8 Å². The maximum Gasteiger partial charge on any atom is 0.418 e. The first-order valence-corrected chi connectivity index (χ1v) is 6.64. The smallest absolute Gasteiger partial charge is 0.418 e. The predicted octanol–water partition coefficient (Wildman–Crippen LogP) is 3.45. The van der Waals surface area contributed by atoms with Gasteiger partial charge in [0.1, 0.15) is 5.60 Å². The Bertz CT molecular complexity index is 329. The summed E-state index contributed by atoms with van der Waals surface area (Å²) in [6, 6.07) is 0. The Morgan fingerprint density at radius 3 is 2.26 bits per heavy atom. The van der Waals surface area contributed by atoms with Crippen molar-refractivity contribution in [3.8, 4) is 0 Å². The fraction of sp³-hybridized carbons (Fsp3) is 0.800. The number of amides is 1. The number of carbonyl (C=O) groups is 1. The summed E-state index contributed by atoms with van der Waals surface area (Å²) in [6.45, 7) is 6.40. The van der Waals surface area contributed by atoms with Crippen LogP contribution in [0.2, 0.25) is 0 Å². The molecular formula is C10H16F3NO3S2. The van der Waals surface area contributed by atoms with Gasteiger partial charge in [-0.15, -0.1) is 0 Å². The van der Waals surface area contributed by atoms with Gasteiger partial charge in [0.15, 0.2) is 5.37 Å². The molecule has 0 aliphatic carbocycles. The Hall–Kier alpha value is -0.700. The standard InChI is InChI=1S/C10H16F3NO3S2/c1-5-16-8(18)19-6(10(11,12)13)14-7(15)17-9(2,3)4/h6H,5H2,1-4H3,(H,14,15). The van der Waals surface area contributed by atoms with Crippen molar-refractivity contribution in [3.05, 3.63) is 0 Å². The van der Waals surface area contributed by atoms with Gasteiger partial charge in [0, 0.05) is 0 Å². The number of ether oxygens (including phenoxy) is 2. The molecule has 0 heterocycles. The molecule has 112 valence electrons. The SMILES string of the molecule is CCOC(=S)SC(NC(=O)OC(C)(C)C)C(F)(F)F. The van der Waals surface area contributed by atoms with E-state index in [0.717, 1.165) is 0 Å². The van der Waals surface area contributed by atoms with Gasteiger partial charge in [0.05, 0.1) is 6.61 Å². The lowest BCUT2D eigenvalue weighted by molar-refractivity contribution is -0.133. The van der Waals surface area contributed by atoms with Gasteiger partial charge in [0.25, 0.3) is 0 Å². The summed E-state index contributed by atoms with van der Waals surface area (Å²) in [5.41, 5.74) is -0.884. The number of carbonyl (C=O) groups excluding carboxylic acids is 1. The lowest BCUT2D eigenvalue weighted by atomic mass is 10.2. The van der Waals surface area contributed by atoms with Crippen LogP contribution in [0.4, 0.5) is 18.0 Å². The number of thioether (sulfide) groups is 1. The van der Waals surface area contributed by atoms with Gasteiger partial charge in [-0.05, 0) is 51.7 Å². The lowest BCUT2D eigenvalue weighted by Crippen LogP contribution is -2.45. The third-order valence-corrected chi connectivity index (χ3v) is 2.76. The van der Waals surface area contributed by atoms with Crippen molar-refractivity contribution in [1.82, 2.24) is 5.32 Å². The molecule has 9 heteroatoms. The van der Waals surface area contributed by atoms with Gasteiger partial charge < -0.3 is 14.8 Å². The first-order chi connectivity index (χ1) is 8.45. The van der Waals surface area contributed by atoms with Crippen LogP contribution in [0.15, 0.2) is 0 Å². The number of alkyl carbamates (subject to hydrolysis) is 1. The average molecular weight is 319 g/mol. The second-order valence-electron chi connectivity index (χ2n) is 4.37. The second-order valence-corrected chi connectivity index (χ2v) is 6.08. The fourth-order valence-corrected chi connectivity index (χ4v) is 1.91. The minimum absolute atomic E-state index is 0.156. The van der Waals surface area contributed by atoms with Crippen LogP contribution >= 0.6 is 24.0 Å². The number of nitrogens with one attached hydrogen (secondary N) is 1. The summed E-state index contributed by atoms with van der Waals surface area (Å²) < 4.78 is 47.3. The summed E-state index contributed by atoms with van der Waals surface area (Å²) in [6.07, 6.45) is -5.83. The van der Waals surface area contributed by atoms with E-state index in [1.807, 2.05) is 0 Å². The number of hydrogen-bond donors (Lipinski definition) is 1. The molecule has 0 saturated carbocycles. The largest absolute Gasteiger partial charge is 0.479 e. The van der Waals surface area contributed by atoms with Gasteiger partial charge in [-0.1, -0.05) is 0 Å². The monoisotopic (exact) mass is 319 g/mol. The van der Waals surface area contributed by atoms with E-state index in [0.29, 0.717) is 0 Å². The van der Waals surface area contributed by atoms with Crippen molar-refractivity contribution in [2.45, 2.75) is 44.8 Å². The zero-order chi connectivity index (χ0) is 15.3. The van der Waals surface area contributed by atoms with Gasteiger partial charge in [-0.3, -0.25) is 0 Å². The molecule has 0 aromatic carbocycles. The number of rotatable bonds is 3. The summed E-state index contributed by atoms with van der Waals surface area (Å²) in [4.78, 5) is 11.3. The summed E-state index contributed by atoms with van der Waals surface area (Å²) in [5, 5.41) is -0.495. The topological polar surface area (TPSA) is 47.6 Å². The number of halogens is 3. The molecule has 0 bridgehead atoms. The molecule has 19 heavy (non-hydrogen) atoms. The highest BCUT2D eigenvalue weighted by Crippen LogP contribution is 2.30. The molecule has 1 unspecified atom stereocenters. The Labute approximate surface area is 119 Å². The van der Waals surface area contributed by atoms with Crippen LogP contribution in [0.5, 0.6) is 0 Å². The Balaban J connectivity index is 4.62. The molecule has 4 nitrogen and oxygen atoms in total. The Kier molecular flexibility index (Phi) is 6.92. The van der Waals surface area contributed by atoms with Gasteiger partial charge in [-0.25, -0.2) is 4.79 Å². The maximum atomic E-state index is 12.7. The molecule has 0 saturated heterocycles. The predicted molar refractivity (Wildman–Crippen MR) is 71.0 cm³/mol. The maximum absolute atomic E-state index is 12.7. The zero-order valence-electron chi connectivity index (χ0n) is 11.0. The summed E-state index contributed by atoms with van der Waals surface area (Å²) >= 11 is 4.81. The second kappa shape index (κ2) is 7.18. The van der Waals surface area contributed by atoms with Crippen molar-refractivity contribution >= 4 is 34.5 Å². The van der Waals surface area contributed by atoms with Gasteiger partial charge in [-0.2, -0.15) is 13.2 Å². The van der Waals surface area contributed by atoms with Gasteiger partial charge in [0.2, 0.25) is 4.38 Å². The van der Waals surface area contributed by atoms with Crippen molar-refractivity contribution in [2.24, 2.45) is 0 Å². The average Bonchev–Trinajstić information content (AvgIpc) is 2.12. The highest BCUT2D eigenvalue weighted by Gasteiger charge is 2.43. The minimum Gasteiger partial charge on any atom is -0.479 e. The summed E-state index contributed by atoms with van der Waals surface area (Å²) in [5.74, 6) is 0. The quantitative estimate of drug-likeness (QED) is 0.638. The number of alkyl halides is 3. The Morgan fingerprint density at radius 2 is 1.89 bits per heavy atom. The number of hydrogen-bond acceptors (Lipinski definition) is 5. The van der Waals surface area contributed by atoms with Crippen LogP contribution in [0.1, 0.15) is 27.7 Å². The third-order valence-electron chi connectivity index (χ3n) is 1.42. The highest BCUT2D eigenvalue weighted by atomic mass is 32.2. The first-order valence-electron chi connectivity index (χ1n) is 5.35. The molecular weight excluding hydrogens is 303 g/mol. The third kappa shape index (κ3) is 8.93. The molecule has 0 fully saturated rings. The van der Waals surface area contributed by atoms with E-state index in [1.54, 1.807) is 33.0 Å². The van der Waals surface area contributed by atoms with Crippen LogP contribution in [0.25, 0.3) is 0 Å². The van der Waals surface area contributed by atoms with E-state index in [4.69, 9.17) is 9.47 Å². The van der Waals surface area contributed by atoms with Crippen LogP contribution in [0, 0.1) is 0 Å². The molecule has 0 spiro atoms. The van der Waals surface area contributed by atoms with Gasteiger partial charge >= 0.3 is 12.3 Å². The Morgan fingerprint density at radius 1 is 1.37 bits per heavy atom. The van der Waals surface area contributed by atoms with E-state index in [1.165, 1.54) is 0 Å². The van der Waals surface area contributed by atoms with E-state index in [9.17, 15) is 18.0 Å². The van der Waals surface area contributed by atoms with Crippen molar-refractivity contribution in [3.63, 3.8) is 0 Å². The molecule has 0 rings (SSSR count). The van der Waals surface area contributed by atoms with Crippen molar-refractivity contribution in [2.75, 3.05) is 6.61 Å². The molecule has 0 aliphatic rings. The van der Waals surface area contributed by atoms with Crippen LogP contribution in [-0.4, -0.2) is 34.2 Å². The zero-order valence-corrected chi connectivity index (χ0v) is 12.6. The molecule has 0 radical (unpaired) electrons. The van der Waals surface area contributed by atoms with Crippen LogP contribution in [-0.2, 0) is 9.47 Å². The molecule has 1 atom stereocenters. The number of thiocarbonyl (C=S) groups is 1. The van der Waals surface area contributed by atoms with Crippen molar-refractivity contribution in [1.29, 1.82) is 0 Å². The van der Waals surface area contributed by atoms with E-state index >= 15 is 0 Å². The normalized spacial score (nSPS) is 13.6. The minimum atomic E-state index is -4.66. The fourth-order valence-electron chi connectivity index (χ4n) is 0.841. The summed E-state index contributed by atoms with van der Waals surface area (Å²) in [7, 11) is 0. The molecule has 1 amide bonds. The van der Waals surface area contributed by atoms with Crippen LogP contribution in [0.3, 0.4) is 0 Å². The van der Waals surface area contributed by atoms with E-state index in [2.05, 4.69) is 12.2 Å². The van der Waals surface area contributed by atoms with Crippen molar-refractivity contribution < 1.29 is 27.4 Å². The molecule has 0 aromatic heterocycles. The first kappa shape index (κ1) is 18.3. The lowest BCUT2D eigenvalue weighted by Gasteiger charge is -2.24. The highest BCUT2D eigenvalue weighted by molar-refractivity contribution is 8.23.